The standard InChI is InChI=1S/C37H53N7O4.2H2/c38-35(46)32(25-28-11-5-2-6-12-28)42-37(48)40-30-15-16-33(31(26-30)41-34(45)14-7-13-27-9-3-1-4-10-27)43-21-8-22-44(24-23-43)36(47)29-17-19-39-20-18-29;;/h1,3-4,9-10,15-16,26,28-29,32,39H,2,5-8,11-14,17-25H2,(H2,38,46)(H,41,45)(H2,40,42,48);2*1H. The van der Waals surface area contributed by atoms with E-state index in [4.69, 9.17) is 5.73 Å². The maximum absolute atomic E-state index is 13.3. The average Bonchev–Trinajstić information content (AvgIpc) is 3.35. The molecule has 0 bridgehead atoms. The van der Waals surface area contributed by atoms with Crippen molar-refractivity contribution in [3.63, 3.8) is 0 Å². The third-order valence-electron chi connectivity index (χ3n) is 10.0. The molecule has 5 amide bonds. The summed E-state index contributed by atoms with van der Waals surface area (Å²) in [5.74, 6) is 0.0560. The molecule has 2 saturated heterocycles. The van der Waals surface area contributed by atoms with Crippen LogP contribution in [0, 0.1) is 11.8 Å². The fourth-order valence-electron chi connectivity index (χ4n) is 7.33. The van der Waals surface area contributed by atoms with Crippen molar-refractivity contribution < 1.29 is 22.0 Å². The first kappa shape index (κ1) is 35.2. The van der Waals surface area contributed by atoms with Gasteiger partial charge in [-0.2, -0.15) is 0 Å². The summed E-state index contributed by atoms with van der Waals surface area (Å²) >= 11 is 0. The summed E-state index contributed by atoms with van der Waals surface area (Å²) in [6.45, 7) is 4.47. The van der Waals surface area contributed by atoms with Crippen molar-refractivity contribution in [2.75, 3.05) is 54.8 Å². The minimum absolute atomic E-state index is 0. The molecule has 5 rings (SSSR count). The molecule has 11 heteroatoms. The van der Waals surface area contributed by atoms with Crippen molar-refractivity contribution in [2.45, 2.75) is 83.1 Å². The Kier molecular flexibility index (Phi) is 13.1. The van der Waals surface area contributed by atoms with Crippen LogP contribution in [0.3, 0.4) is 0 Å². The molecule has 2 aromatic rings. The first-order valence-corrected chi connectivity index (χ1v) is 17.9. The zero-order valence-electron chi connectivity index (χ0n) is 28.2. The van der Waals surface area contributed by atoms with Crippen LogP contribution in [0.15, 0.2) is 48.5 Å². The minimum atomic E-state index is -0.746. The Morgan fingerprint density at radius 1 is 0.875 bits per heavy atom. The van der Waals surface area contributed by atoms with Crippen LogP contribution in [-0.2, 0) is 20.8 Å². The topological polar surface area (TPSA) is 149 Å². The monoisotopic (exact) mass is 663 g/mol. The van der Waals surface area contributed by atoms with E-state index in [9.17, 15) is 19.2 Å². The molecule has 0 radical (unpaired) electrons. The molecular formula is C37H57N7O4. The number of primary amides is 1. The Hall–Kier alpha value is -4.12. The second-order valence-electron chi connectivity index (χ2n) is 13.6. The lowest BCUT2D eigenvalue weighted by Gasteiger charge is -2.29. The van der Waals surface area contributed by atoms with E-state index in [0.717, 1.165) is 76.7 Å². The number of nitrogens with one attached hydrogen (secondary N) is 4. The number of aryl methyl sites for hydroxylation is 1. The highest BCUT2D eigenvalue weighted by molar-refractivity contribution is 5.98. The van der Waals surface area contributed by atoms with Crippen LogP contribution in [-0.4, -0.2) is 74.0 Å². The van der Waals surface area contributed by atoms with Crippen LogP contribution in [0.5, 0.6) is 0 Å². The summed E-state index contributed by atoms with van der Waals surface area (Å²) < 4.78 is 0. The van der Waals surface area contributed by atoms with Gasteiger partial charge in [0.25, 0.3) is 0 Å². The van der Waals surface area contributed by atoms with E-state index in [1.807, 2.05) is 35.2 Å². The molecule has 1 atom stereocenters. The number of benzene rings is 2. The number of rotatable bonds is 12. The summed E-state index contributed by atoms with van der Waals surface area (Å²) in [6.07, 6.45) is 10.6. The van der Waals surface area contributed by atoms with Gasteiger partial charge in [-0.05, 0) is 81.3 Å². The SMILES string of the molecule is NC(=O)C(CC1CCCCC1)NC(=O)Nc1ccc(N2CCCN(C(=O)C3CCNCC3)CC2)c(NC(=O)CCCc2ccccc2)c1.[HH].[HH]. The number of urea groups is 1. The van der Waals surface area contributed by atoms with Gasteiger partial charge in [0.1, 0.15) is 6.04 Å². The maximum atomic E-state index is 13.3. The first-order valence-electron chi connectivity index (χ1n) is 17.9. The van der Waals surface area contributed by atoms with Gasteiger partial charge >= 0.3 is 6.03 Å². The first-order chi connectivity index (χ1) is 23.4. The Labute approximate surface area is 287 Å². The van der Waals surface area contributed by atoms with Crippen LogP contribution >= 0.6 is 0 Å². The quantitative estimate of drug-likeness (QED) is 0.213. The van der Waals surface area contributed by atoms with Gasteiger partial charge in [-0.15, -0.1) is 0 Å². The molecule has 2 heterocycles. The number of carbonyl (C=O) groups excluding carboxylic acids is 4. The van der Waals surface area contributed by atoms with Crippen LogP contribution in [0.25, 0.3) is 0 Å². The Morgan fingerprint density at radius 3 is 2.40 bits per heavy atom. The number of nitrogens with two attached hydrogens (primary N) is 1. The molecule has 1 unspecified atom stereocenters. The summed E-state index contributed by atoms with van der Waals surface area (Å²) in [5, 5.41) is 12.1. The predicted molar refractivity (Wildman–Crippen MR) is 194 cm³/mol. The summed E-state index contributed by atoms with van der Waals surface area (Å²) in [6, 6.07) is 14.3. The van der Waals surface area contributed by atoms with Crippen molar-refractivity contribution in [1.82, 2.24) is 15.5 Å². The largest absolute Gasteiger partial charge is 0.368 e. The number of piperidine rings is 1. The molecule has 2 aromatic carbocycles. The highest BCUT2D eigenvalue weighted by Gasteiger charge is 2.28. The van der Waals surface area contributed by atoms with Crippen molar-refractivity contribution in [2.24, 2.45) is 17.6 Å². The molecule has 3 aliphatic rings. The molecule has 6 N–H and O–H groups in total. The van der Waals surface area contributed by atoms with Gasteiger partial charge in [-0.25, -0.2) is 4.79 Å². The van der Waals surface area contributed by atoms with Gasteiger partial charge < -0.3 is 36.8 Å². The van der Waals surface area contributed by atoms with Crippen LogP contribution < -0.4 is 31.9 Å². The Balaban J connectivity index is 0.00000338. The number of anilines is 3. The fourth-order valence-corrected chi connectivity index (χ4v) is 7.33. The molecular weight excluding hydrogens is 606 g/mol. The van der Waals surface area contributed by atoms with E-state index in [2.05, 4.69) is 38.3 Å². The number of hydrogen-bond acceptors (Lipinski definition) is 6. The van der Waals surface area contributed by atoms with E-state index in [1.165, 1.54) is 12.0 Å². The molecule has 1 aliphatic carbocycles. The molecule has 3 fully saturated rings. The van der Waals surface area contributed by atoms with Crippen molar-refractivity contribution in [3.05, 3.63) is 54.1 Å². The highest BCUT2D eigenvalue weighted by atomic mass is 16.2. The highest BCUT2D eigenvalue weighted by Crippen LogP contribution is 2.31. The third-order valence-corrected chi connectivity index (χ3v) is 10.0. The van der Waals surface area contributed by atoms with Crippen LogP contribution in [0.2, 0.25) is 0 Å². The van der Waals surface area contributed by atoms with E-state index >= 15 is 0 Å². The lowest BCUT2D eigenvalue weighted by molar-refractivity contribution is -0.136. The minimum Gasteiger partial charge on any atom is -0.368 e. The van der Waals surface area contributed by atoms with Gasteiger partial charge in [0.2, 0.25) is 17.7 Å². The van der Waals surface area contributed by atoms with E-state index < -0.39 is 18.0 Å². The van der Waals surface area contributed by atoms with Gasteiger partial charge in [-0.3, -0.25) is 14.4 Å². The van der Waals surface area contributed by atoms with Crippen LogP contribution in [0.1, 0.15) is 79.0 Å². The number of nitrogens with zero attached hydrogens (tertiary/aromatic N) is 2. The predicted octanol–water partition coefficient (Wildman–Crippen LogP) is 5.12. The molecule has 11 nitrogen and oxygen atoms in total. The molecule has 48 heavy (non-hydrogen) atoms. The molecule has 1 saturated carbocycles. The molecule has 2 aliphatic heterocycles. The zero-order chi connectivity index (χ0) is 33.7. The lowest BCUT2D eigenvalue weighted by atomic mass is 9.84. The van der Waals surface area contributed by atoms with Gasteiger partial charge in [-0.1, -0.05) is 62.4 Å². The smallest absolute Gasteiger partial charge is 0.319 e. The summed E-state index contributed by atoms with van der Waals surface area (Å²) in [7, 11) is 0. The zero-order valence-corrected chi connectivity index (χ0v) is 28.2. The average molecular weight is 664 g/mol. The fraction of sp³-hybridized carbons (Fsp3) is 0.568. The second-order valence-corrected chi connectivity index (χ2v) is 13.6. The number of carbonyl (C=O) groups is 4. The summed E-state index contributed by atoms with van der Waals surface area (Å²) in [5.41, 5.74) is 8.81. The normalized spacial score (nSPS) is 18.4. The third kappa shape index (κ3) is 10.4. The Morgan fingerprint density at radius 2 is 1.65 bits per heavy atom. The lowest BCUT2D eigenvalue weighted by Crippen LogP contribution is -2.47. The van der Waals surface area contributed by atoms with Crippen molar-refractivity contribution in [1.29, 1.82) is 0 Å². The maximum Gasteiger partial charge on any atom is 0.319 e. The van der Waals surface area contributed by atoms with Gasteiger partial charge in [0.05, 0.1) is 11.4 Å². The second kappa shape index (κ2) is 17.9. The summed E-state index contributed by atoms with van der Waals surface area (Å²) in [4.78, 5) is 56.0. The Bertz CT molecular complexity index is 1390. The van der Waals surface area contributed by atoms with Gasteiger partial charge in [0, 0.05) is 47.1 Å². The van der Waals surface area contributed by atoms with E-state index in [-0.39, 0.29) is 20.6 Å². The van der Waals surface area contributed by atoms with E-state index in [1.54, 1.807) is 6.07 Å². The van der Waals surface area contributed by atoms with Crippen molar-refractivity contribution in [3.8, 4) is 0 Å². The molecule has 264 valence electrons. The molecule has 0 aromatic heterocycles. The van der Waals surface area contributed by atoms with E-state index in [0.29, 0.717) is 56.2 Å². The number of hydrogen-bond donors (Lipinski definition) is 5. The van der Waals surface area contributed by atoms with Crippen molar-refractivity contribution >= 4 is 40.8 Å². The van der Waals surface area contributed by atoms with Crippen LogP contribution in [0.4, 0.5) is 21.9 Å². The number of amides is 5. The molecule has 0 spiro atoms. The van der Waals surface area contributed by atoms with Gasteiger partial charge in [0.15, 0.2) is 0 Å².